The van der Waals surface area contributed by atoms with Crippen LogP contribution in [0, 0.1) is 21.4 Å². The van der Waals surface area contributed by atoms with E-state index in [1.54, 1.807) is 0 Å². The number of benzene rings is 1. The molecule has 0 saturated heterocycles. The van der Waals surface area contributed by atoms with E-state index in [1.807, 2.05) is 6.07 Å². The van der Waals surface area contributed by atoms with Crippen LogP contribution in [-0.4, -0.2) is 14.9 Å². The second-order valence-electron chi connectivity index (χ2n) is 3.43. The van der Waals surface area contributed by atoms with Crippen molar-refractivity contribution in [3.05, 3.63) is 46.3 Å². The van der Waals surface area contributed by atoms with Crippen LogP contribution >= 0.6 is 0 Å². The number of hydrogen-bond acceptors (Lipinski definition) is 7. The van der Waals surface area contributed by atoms with Crippen molar-refractivity contribution in [1.82, 2.24) is 9.97 Å². The Hall–Kier alpha value is -3.21. The molecule has 1 aromatic carbocycles. The fraction of sp³-hybridized carbons (Fsp3) is 0. The van der Waals surface area contributed by atoms with Gasteiger partial charge in [0, 0.05) is 12.1 Å². The molecule has 2 rings (SSSR count). The van der Waals surface area contributed by atoms with Crippen molar-refractivity contribution in [2.24, 2.45) is 0 Å². The van der Waals surface area contributed by atoms with E-state index >= 15 is 0 Å². The number of nitrogens with two attached hydrogens (primary N) is 1. The molecule has 0 aliphatic carbocycles. The van der Waals surface area contributed by atoms with Gasteiger partial charge in [-0.05, 0) is 12.1 Å². The lowest BCUT2D eigenvalue weighted by molar-refractivity contribution is -0.385. The van der Waals surface area contributed by atoms with E-state index < -0.39 is 4.92 Å². The smallest absolute Gasteiger partial charge is 0.312 e. The van der Waals surface area contributed by atoms with Gasteiger partial charge in [0.05, 0.1) is 16.6 Å². The zero-order valence-electron chi connectivity index (χ0n) is 9.48. The standard InChI is InChI=1S/C11H7N5O3/c12-5-7-1-2-9(8(3-7)16(17)18)19-11-4-10(13)14-6-15-11/h1-4,6H,(H2,13,14,15). The van der Waals surface area contributed by atoms with Crippen LogP contribution in [-0.2, 0) is 0 Å². The van der Waals surface area contributed by atoms with Crippen LogP contribution < -0.4 is 10.5 Å². The number of nitro benzene ring substituents is 1. The third-order valence-corrected chi connectivity index (χ3v) is 2.16. The van der Waals surface area contributed by atoms with E-state index in [0.717, 1.165) is 6.07 Å². The van der Waals surface area contributed by atoms with E-state index in [2.05, 4.69) is 9.97 Å². The summed E-state index contributed by atoms with van der Waals surface area (Å²) >= 11 is 0. The number of nitriles is 1. The summed E-state index contributed by atoms with van der Waals surface area (Å²) in [7, 11) is 0. The maximum Gasteiger partial charge on any atom is 0.312 e. The van der Waals surface area contributed by atoms with Crippen molar-refractivity contribution >= 4 is 11.5 Å². The predicted molar refractivity (Wildman–Crippen MR) is 64.3 cm³/mol. The molecule has 0 aliphatic rings. The average molecular weight is 257 g/mol. The van der Waals surface area contributed by atoms with Crippen molar-refractivity contribution in [2.45, 2.75) is 0 Å². The van der Waals surface area contributed by atoms with Gasteiger partial charge in [0.2, 0.25) is 11.6 Å². The molecule has 0 bridgehead atoms. The number of anilines is 1. The number of aromatic nitrogens is 2. The summed E-state index contributed by atoms with van der Waals surface area (Å²) < 4.78 is 5.27. The van der Waals surface area contributed by atoms with Crippen molar-refractivity contribution in [1.29, 1.82) is 5.26 Å². The topological polar surface area (TPSA) is 128 Å². The minimum atomic E-state index is -0.638. The van der Waals surface area contributed by atoms with Crippen LogP contribution in [0.1, 0.15) is 5.56 Å². The summed E-state index contributed by atoms with van der Waals surface area (Å²) in [5.41, 5.74) is 5.29. The Bertz CT molecular complexity index is 680. The van der Waals surface area contributed by atoms with Crippen LogP contribution in [0.5, 0.6) is 11.6 Å². The Morgan fingerprint density at radius 2 is 2.16 bits per heavy atom. The molecule has 0 radical (unpaired) electrons. The summed E-state index contributed by atoms with van der Waals surface area (Å²) in [6.07, 6.45) is 1.18. The lowest BCUT2D eigenvalue weighted by atomic mass is 10.2. The van der Waals surface area contributed by atoms with Gasteiger partial charge in [-0.15, -0.1) is 0 Å². The molecule has 0 unspecified atom stereocenters. The Morgan fingerprint density at radius 1 is 1.37 bits per heavy atom. The largest absolute Gasteiger partial charge is 0.432 e. The molecule has 0 saturated carbocycles. The molecule has 8 nitrogen and oxygen atoms in total. The van der Waals surface area contributed by atoms with E-state index in [9.17, 15) is 10.1 Å². The number of nitrogen functional groups attached to an aromatic ring is 1. The summed E-state index contributed by atoms with van der Waals surface area (Å²) in [4.78, 5) is 17.7. The molecule has 0 spiro atoms. The number of ether oxygens (including phenoxy) is 1. The molecule has 94 valence electrons. The Kier molecular flexibility index (Phi) is 3.20. The third kappa shape index (κ3) is 2.73. The molecule has 8 heteroatoms. The van der Waals surface area contributed by atoms with Gasteiger partial charge >= 0.3 is 5.69 Å². The van der Waals surface area contributed by atoms with Crippen molar-refractivity contribution in [3.8, 4) is 17.7 Å². The Balaban J connectivity index is 2.40. The second-order valence-corrected chi connectivity index (χ2v) is 3.43. The quantitative estimate of drug-likeness (QED) is 0.653. The first-order valence-electron chi connectivity index (χ1n) is 5.04. The highest BCUT2D eigenvalue weighted by atomic mass is 16.6. The normalized spacial score (nSPS) is 9.63. The first-order valence-corrected chi connectivity index (χ1v) is 5.04. The van der Waals surface area contributed by atoms with Gasteiger partial charge in [-0.25, -0.2) is 9.97 Å². The zero-order chi connectivity index (χ0) is 13.8. The fourth-order valence-electron chi connectivity index (χ4n) is 1.34. The first kappa shape index (κ1) is 12.3. The highest BCUT2D eigenvalue weighted by Gasteiger charge is 2.17. The maximum absolute atomic E-state index is 10.9. The highest BCUT2D eigenvalue weighted by molar-refractivity contribution is 5.53. The Labute approximate surface area is 107 Å². The second kappa shape index (κ2) is 4.97. The van der Waals surface area contributed by atoms with Crippen molar-refractivity contribution < 1.29 is 9.66 Å². The van der Waals surface area contributed by atoms with Crippen molar-refractivity contribution in [2.75, 3.05) is 5.73 Å². The zero-order valence-corrected chi connectivity index (χ0v) is 9.48. The van der Waals surface area contributed by atoms with Gasteiger partial charge in [-0.3, -0.25) is 10.1 Å². The first-order chi connectivity index (χ1) is 9.10. The van der Waals surface area contributed by atoms with Gasteiger partial charge in [0.25, 0.3) is 0 Å². The van der Waals surface area contributed by atoms with E-state index in [4.69, 9.17) is 15.7 Å². The van der Waals surface area contributed by atoms with Crippen LogP contribution in [0.15, 0.2) is 30.6 Å². The SMILES string of the molecule is N#Cc1ccc(Oc2cc(N)ncn2)c([N+](=O)[O-])c1. The maximum atomic E-state index is 10.9. The fourth-order valence-corrected chi connectivity index (χ4v) is 1.34. The lowest BCUT2D eigenvalue weighted by Crippen LogP contribution is -1.97. The molecule has 2 aromatic rings. The van der Waals surface area contributed by atoms with E-state index in [1.165, 1.54) is 24.5 Å². The van der Waals surface area contributed by atoms with Gasteiger partial charge in [0.1, 0.15) is 12.1 Å². The van der Waals surface area contributed by atoms with E-state index in [-0.39, 0.29) is 28.7 Å². The summed E-state index contributed by atoms with van der Waals surface area (Å²) in [5, 5.41) is 19.6. The molecular weight excluding hydrogens is 250 g/mol. The monoisotopic (exact) mass is 257 g/mol. The molecule has 0 fully saturated rings. The molecule has 2 N–H and O–H groups in total. The molecule has 19 heavy (non-hydrogen) atoms. The predicted octanol–water partition coefficient (Wildman–Crippen LogP) is 1.63. The Morgan fingerprint density at radius 3 is 2.79 bits per heavy atom. The van der Waals surface area contributed by atoms with Gasteiger partial charge in [-0.1, -0.05) is 0 Å². The highest BCUT2D eigenvalue weighted by Crippen LogP contribution is 2.31. The third-order valence-electron chi connectivity index (χ3n) is 2.16. The van der Waals surface area contributed by atoms with Crippen LogP contribution in [0.4, 0.5) is 11.5 Å². The minimum Gasteiger partial charge on any atom is -0.432 e. The summed E-state index contributed by atoms with van der Waals surface area (Å²) in [6, 6.07) is 7.01. The molecule has 1 aromatic heterocycles. The van der Waals surface area contributed by atoms with Crippen LogP contribution in [0.2, 0.25) is 0 Å². The number of rotatable bonds is 3. The van der Waals surface area contributed by atoms with Crippen molar-refractivity contribution in [3.63, 3.8) is 0 Å². The molecule has 1 heterocycles. The number of nitro groups is 1. The van der Waals surface area contributed by atoms with Crippen LogP contribution in [0.25, 0.3) is 0 Å². The summed E-state index contributed by atoms with van der Waals surface area (Å²) in [6.45, 7) is 0. The average Bonchev–Trinajstić information content (AvgIpc) is 2.39. The van der Waals surface area contributed by atoms with Gasteiger partial charge < -0.3 is 10.5 Å². The number of hydrogen-bond donors (Lipinski definition) is 1. The lowest BCUT2D eigenvalue weighted by Gasteiger charge is -2.05. The summed E-state index contributed by atoms with van der Waals surface area (Å²) in [5.74, 6) is 0.240. The molecular formula is C11H7N5O3. The molecule has 0 amide bonds. The molecule has 0 atom stereocenters. The van der Waals surface area contributed by atoms with E-state index in [0.29, 0.717) is 0 Å². The number of nitrogens with zero attached hydrogens (tertiary/aromatic N) is 4. The minimum absolute atomic E-state index is 0.0258. The van der Waals surface area contributed by atoms with Crippen LogP contribution in [0.3, 0.4) is 0 Å². The van der Waals surface area contributed by atoms with Gasteiger partial charge in [0.15, 0.2) is 0 Å². The molecule has 0 aliphatic heterocycles. The van der Waals surface area contributed by atoms with Gasteiger partial charge in [-0.2, -0.15) is 5.26 Å².